The number of alkyl halides is 2. The van der Waals surface area contributed by atoms with Gasteiger partial charge in [-0.1, -0.05) is 0 Å². The van der Waals surface area contributed by atoms with Crippen molar-refractivity contribution >= 4 is 48.0 Å². The number of carbonyl (C=O) groups excluding carboxylic acids is 1. The Morgan fingerprint density at radius 3 is 2.40 bits per heavy atom. The number of ether oxygens (including phenoxy) is 1. The summed E-state index contributed by atoms with van der Waals surface area (Å²) < 4.78 is 65.8. The third-order valence-electron chi connectivity index (χ3n) is 2.83. The van der Waals surface area contributed by atoms with Crippen LogP contribution in [0.25, 0.3) is 0 Å². The Balaban J connectivity index is 2.18. The molecule has 6 nitrogen and oxygen atoms in total. The maximum Gasteiger partial charge on any atom is 0.387 e. The number of benzene rings is 1. The van der Waals surface area contributed by atoms with E-state index < -0.39 is 32.6 Å². The van der Waals surface area contributed by atoms with Gasteiger partial charge < -0.3 is 4.74 Å². The monoisotopic (exact) mass is 429 g/mol. The lowest BCUT2D eigenvalue weighted by Gasteiger charge is -2.07. The Hall–Kier alpha value is -1.56. The van der Waals surface area contributed by atoms with Crippen LogP contribution in [0.4, 0.5) is 8.78 Å². The minimum absolute atomic E-state index is 0.0698. The minimum Gasteiger partial charge on any atom is -0.435 e. The van der Waals surface area contributed by atoms with Gasteiger partial charge in [0.05, 0.1) is 0 Å². The molecule has 1 aromatic heterocycles. The van der Waals surface area contributed by atoms with E-state index in [-0.39, 0.29) is 19.7 Å². The molecule has 12 heteroatoms. The smallest absolute Gasteiger partial charge is 0.387 e. The van der Waals surface area contributed by atoms with Crippen LogP contribution in [0, 0.1) is 6.92 Å². The van der Waals surface area contributed by atoms with Gasteiger partial charge in [0.1, 0.15) is 14.2 Å². The maximum atomic E-state index is 12.2. The first-order valence-corrected chi connectivity index (χ1v) is 10.7. The highest BCUT2D eigenvalue weighted by molar-refractivity contribution is 8.09. The molecule has 1 atom stereocenters. The number of carbonyl (C=O) groups is 1. The third kappa shape index (κ3) is 4.97. The number of hydrogen-bond acceptors (Lipinski definition) is 6. The predicted octanol–water partition coefficient (Wildman–Crippen LogP) is 3.04. The van der Waals surface area contributed by atoms with Gasteiger partial charge in [-0.2, -0.15) is 8.78 Å². The fraction of sp³-hybridized carbons (Fsp3) is 0.154. The number of thiophene rings is 1. The van der Waals surface area contributed by atoms with Crippen molar-refractivity contribution in [1.82, 2.24) is 4.72 Å². The molecule has 0 aliphatic carbocycles. The summed E-state index contributed by atoms with van der Waals surface area (Å²) >= 11 is 0.683. The summed E-state index contributed by atoms with van der Waals surface area (Å²) in [6.07, 6.45) is 0. The summed E-state index contributed by atoms with van der Waals surface area (Å²) in [6.45, 7) is -1.47. The first kappa shape index (κ1) is 19.8. The molecule has 1 N–H and O–H groups in total. The van der Waals surface area contributed by atoms with Gasteiger partial charge in [0, 0.05) is 5.56 Å². The number of nitrogens with one attached hydrogen (secondary N) is 1. The molecule has 0 radical (unpaired) electrons. The summed E-state index contributed by atoms with van der Waals surface area (Å²) in [5.41, 5.74) is 0.347. The van der Waals surface area contributed by atoms with Gasteiger partial charge in [0.15, 0.2) is 10.0 Å². The summed E-state index contributed by atoms with van der Waals surface area (Å²) in [5, 5.41) is 0. The van der Waals surface area contributed by atoms with Crippen LogP contribution in [0.15, 0.2) is 38.8 Å². The Bertz CT molecular complexity index is 912. The molecule has 2 rings (SSSR count). The molecule has 0 bridgehead atoms. The highest BCUT2D eigenvalue weighted by atomic mass is 35.7. The average molecular weight is 430 g/mol. The van der Waals surface area contributed by atoms with Crippen molar-refractivity contribution < 1.29 is 30.9 Å². The molecule has 0 saturated carbocycles. The summed E-state index contributed by atoms with van der Waals surface area (Å²) in [7, 11) is -0.610. The van der Waals surface area contributed by atoms with Crippen LogP contribution in [0.2, 0.25) is 0 Å². The molecule has 1 heterocycles. The standard InChI is InChI=1S/C13H10ClF2NO5S3/c1-7-6-10(23-12(7)24(14)19)25(20,21)17-11(18)8-2-4-9(5-3-8)22-13(15)16/h2-6,13H,1H3,(H,17,18). The lowest BCUT2D eigenvalue weighted by Crippen LogP contribution is -2.30. The quantitative estimate of drug-likeness (QED) is 0.713. The van der Waals surface area contributed by atoms with Gasteiger partial charge in [0.2, 0.25) is 0 Å². The van der Waals surface area contributed by atoms with Crippen molar-refractivity contribution in [2.24, 2.45) is 0 Å². The molecule has 0 fully saturated rings. The molecule has 1 amide bonds. The zero-order chi connectivity index (χ0) is 18.8. The molecule has 1 aromatic carbocycles. The highest BCUT2D eigenvalue weighted by Crippen LogP contribution is 2.30. The summed E-state index contributed by atoms with van der Waals surface area (Å²) in [4.78, 5) is 12.0. The largest absolute Gasteiger partial charge is 0.435 e. The van der Waals surface area contributed by atoms with Crippen LogP contribution >= 0.6 is 22.0 Å². The third-order valence-corrected chi connectivity index (χ3v) is 7.72. The van der Waals surface area contributed by atoms with Crippen molar-refractivity contribution in [1.29, 1.82) is 0 Å². The number of rotatable bonds is 6. The van der Waals surface area contributed by atoms with E-state index in [1.54, 1.807) is 0 Å². The first-order chi connectivity index (χ1) is 11.6. The van der Waals surface area contributed by atoms with Crippen molar-refractivity contribution in [2.75, 3.05) is 0 Å². The van der Waals surface area contributed by atoms with Crippen molar-refractivity contribution in [3.8, 4) is 5.75 Å². The second-order valence-corrected chi connectivity index (χ2v) is 9.51. The van der Waals surface area contributed by atoms with Crippen LogP contribution in [-0.4, -0.2) is 25.1 Å². The summed E-state index contributed by atoms with van der Waals surface area (Å²) in [5.74, 6) is -1.12. The zero-order valence-corrected chi connectivity index (χ0v) is 15.6. The molecule has 0 spiro atoms. The SMILES string of the molecule is Cc1cc(S(=O)(=O)NC(=O)c2ccc(OC(F)F)cc2)sc1S(=O)Cl. The second kappa shape index (κ2) is 7.77. The van der Waals surface area contributed by atoms with Gasteiger partial charge in [0.25, 0.3) is 15.9 Å². The van der Waals surface area contributed by atoms with E-state index in [9.17, 15) is 26.2 Å². The fourth-order valence-electron chi connectivity index (χ4n) is 1.75. The van der Waals surface area contributed by atoms with Gasteiger partial charge >= 0.3 is 6.61 Å². The molecule has 0 saturated heterocycles. The van der Waals surface area contributed by atoms with E-state index in [1.807, 2.05) is 4.72 Å². The molecular weight excluding hydrogens is 420 g/mol. The van der Waals surface area contributed by atoms with Crippen molar-refractivity contribution in [2.45, 2.75) is 22.0 Å². The Morgan fingerprint density at radius 1 is 1.32 bits per heavy atom. The van der Waals surface area contributed by atoms with Crippen LogP contribution in [0.5, 0.6) is 5.75 Å². The predicted molar refractivity (Wildman–Crippen MR) is 89.0 cm³/mol. The normalized spacial score (nSPS) is 12.8. The molecule has 136 valence electrons. The first-order valence-electron chi connectivity index (χ1n) is 6.40. The molecule has 2 aromatic rings. The average Bonchev–Trinajstić information content (AvgIpc) is 2.90. The van der Waals surface area contributed by atoms with Gasteiger partial charge in [-0.05, 0) is 53.5 Å². The van der Waals surface area contributed by atoms with E-state index in [2.05, 4.69) is 4.74 Å². The lowest BCUT2D eigenvalue weighted by atomic mass is 10.2. The van der Waals surface area contributed by atoms with Gasteiger partial charge in [-0.3, -0.25) is 4.79 Å². The van der Waals surface area contributed by atoms with Crippen LogP contribution < -0.4 is 9.46 Å². The maximum absolute atomic E-state index is 12.2. The molecule has 0 aliphatic heterocycles. The molecule has 1 unspecified atom stereocenters. The van der Waals surface area contributed by atoms with E-state index in [0.717, 1.165) is 24.3 Å². The van der Waals surface area contributed by atoms with Crippen LogP contribution in [0.3, 0.4) is 0 Å². The number of hydrogen-bond donors (Lipinski definition) is 1. The lowest BCUT2D eigenvalue weighted by molar-refractivity contribution is -0.0498. The van der Waals surface area contributed by atoms with Crippen molar-refractivity contribution in [3.63, 3.8) is 0 Å². The van der Waals surface area contributed by atoms with Crippen molar-refractivity contribution in [3.05, 3.63) is 41.5 Å². The Kier molecular flexibility index (Phi) is 6.14. The summed E-state index contributed by atoms with van der Waals surface area (Å²) in [6, 6.07) is 5.74. The van der Waals surface area contributed by atoms with Crippen LogP contribution in [-0.2, 0) is 20.0 Å². The van der Waals surface area contributed by atoms with E-state index in [0.29, 0.717) is 16.9 Å². The van der Waals surface area contributed by atoms with E-state index in [1.165, 1.54) is 13.0 Å². The number of aryl methyl sites for hydroxylation is 1. The van der Waals surface area contributed by atoms with E-state index in [4.69, 9.17) is 10.7 Å². The Labute approximate surface area is 152 Å². The number of amides is 1. The zero-order valence-electron chi connectivity index (χ0n) is 12.4. The second-order valence-electron chi connectivity index (χ2n) is 4.60. The van der Waals surface area contributed by atoms with Crippen LogP contribution in [0.1, 0.15) is 15.9 Å². The minimum atomic E-state index is -4.20. The molecule has 25 heavy (non-hydrogen) atoms. The number of sulfonamides is 1. The highest BCUT2D eigenvalue weighted by Gasteiger charge is 2.23. The molecule has 0 aliphatic rings. The van der Waals surface area contributed by atoms with E-state index >= 15 is 0 Å². The Morgan fingerprint density at radius 2 is 1.92 bits per heavy atom. The van der Waals surface area contributed by atoms with Gasteiger partial charge in [-0.25, -0.2) is 17.3 Å². The molecular formula is C13H10ClF2NO5S3. The fourth-order valence-corrected chi connectivity index (χ4v) is 5.64. The topological polar surface area (TPSA) is 89.5 Å². The number of halogens is 3. The van der Waals surface area contributed by atoms with Gasteiger partial charge in [-0.15, -0.1) is 11.3 Å².